The van der Waals surface area contributed by atoms with Crippen LogP contribution in [0.1, 0.15) is 42.1 Å². The number of ether oxygens (including phenoxy) is 1. The summed E-state index contributed by atoms with van der Waals surface area (Å²) in [6.45, 7) is 5.56. The number of piperidine rings is 1. The second kappa shape index (κ2) is 8.80. The standard InChI is InChI=1S/C17H26N2O2/c1-2-14-6-3-4-7-16(14)17(20)19-10-5-13-21-15-8-11-18-12-9-15/h3-4,6-7,15,18H,2,5,8-13H2,1H3,(H,19,20). The third-order valence-electron chi connectivity index (χ3n) is 3.89. The van der Waals surface area contributed by atoms with Crippen LogP contribution in [0.2, 0.25) is 0 Å². The Balaban J connectivity index is 1.65. The van der Waals surface area contributed by atoms with E-state index in [4.69, 9.17) is 4.74 Å². The van der Waals surface area contributed by atoms with Gasteiger partial charge in [-0.15, -0.1) is 0 Å². The molecule has 4 heteroatoms. The first-order valence-corrected chi connectivity index (χ1v) is 7.99. The molecule has 0 radical (unpaired) electrons. The summed E-state index contributed by atoms with van der Waals surface area (Å²) in [5, 5.41) is 6.30. The lowest BCUT2D eigenvalue weighted by molar-refractivity contribution is 0.0318. The third-order valence-corrected chi connectivity index (χ3v) is 3.89. The van der Waals surface area contributed by atoms with Crippen LogP contribution < -0.4 is 10.6 Å². The lowest BCUT2D eigenvalue weighted by atomic mass is 10.0. The highest BCUT2D eigenvalue weighted by atomic mass is 16.5. The van der Waals surface area contributed by atoms with Crippen molar-refractivity contribution in [2.45, 2.75) is 38.7 Å². The van der Waals surface area contributed by atoms with Gasteiger partial charge in [-0.05, 0) is 50.4 Å². The number of hydrogen-bond acceptors (Lipinski definition) is 3. The highest BCUT2D eigenvalue weighted by Crippen LogP contribution is 2.09. The molecular weight excluding hydrogens is 264 g/mol. The minimum Gasteiger partial charge on any atom is -0.378 e. The van der Waals surface area contributed by atoms with E-state index in [-0.39, 0.29) is 5.91 Å². The molecule has 0 bridgehead atoms. The van der Waals surface area contributed by atoms with Crippen molar-refractivity contribution in [3.05, 3.63) is 35.4 Å². The summed E-state index contributed by atoms with van der Waals surface area (Å²) in [6.07, 6.45) is 4.32. The fourth-order valence-electron chi connectivity index (χ4n) is 2.63. The molecule has 1 aromatic rings. The van der Waals surface area contributed by atoms with Crippen LogP contribution in [0.4, 0.5) is 0 Å². The zero-order valence-electron chi connectivity index (χ0n) is 12.9. The smallest absolute Gasteiger partial charge is 0.251 e. The Bertz CT molecular complexity index is 442. The highest BCUT2D eigenvalue weighted by molar-refractivity contribution is 5.95. The molecule has 2 rings (SSSR count). The summed E-state index contributed by atoms with van der Waals surface area (Å²) in [5.74, 6) is 0.0225. The van der Waals surface area contributed by atoms with Crippen molar-refractivity contribution < 1.29 is 9.53 Å². The second-order valence-corrected chi connectivity index (χ2v) is 5.44. The van der Waals surface area contributed by atoms with Crippen molar-refractivity contribution in [3.63, 3.8) is 0 Å². The van der Waals surface area contributed by atoms with Crippen molar-refractivity contribution in [2.24, 2.45) is 0 Å². The van der Waals surface area contributed by atoms with Crippen LogP contribution in [-0.2, 0) is 11.2 Å². The van der Waals surface area contributed by atoms with E-state index in [9.17, 15) is 4.79 Å². The predicted octanol–water partition coefficient (Wildman–Crippen LogP) is 2.14. The minimum absolute atomic E-state index is 0.0225. The Morgan fingerprint density at radius 2 is 2.10 bits per heavy atom. The van der Waals surface area contributed by atoms with Crippen molar-refractivity contribution in [2.75, 3.05) is 26.2 Å². The van der Waals surface area contributed by atoms with E-state index in [2.05, 4.69) is 17.6 Å². The molecular formula is C17H26N2O2. The molecule has 0 aromatic heterocycles. The molecule has 0 aliphatic carbocycles. The van der Waals surface area contributed by atoms with Gasteiger partial charge in [0, 0.05) is 18.7 Å². The van der Waals surface area contributed by atoms with Gasteiger partial charge in [-0.2, -0.15) is 0 Å². The second-order valence-electron chi connectivity index (χ2n) is 5.44. The van der Waals surface area contributed by atoms with Crippen LogP contribution in [-0.4, -0.2) is 38.3 Å². The van der Waals surface area contributed by atoms with Crippen LogP contribution in [0.5, 0.6) is 0 Å². The molecule has 1 saturated heterocycles. The number of benzene rings is 1. The normalized spacial score (nSPS) is 15.9. The number of nitrogens with one attached hydrogen (secondary N) is 2. The summed E-state index contributed by atoms with van der Waals surface area (Å²) in [4.78, 5) is 12.1. The largest absolute Gasteiger partial charge is 0.378 e. The molecule has 1 aliphatic heterocycles. The Hall–Kier alpha value is -1.39. The Kier molecular flexibility index (Phi) is 6.70. The fraction of sp³-hybridized carbons (Fsp3) is 0.588. The summed E-state index contributed by atoms with van der Waals surface area (Å²) < 4.78 is 5.82. The molecule has 0 unspecified atom stereocenters. The van der Waals surface area contributed by atoms with E-state index >= 15 is 0 Å². The molecule has 4 nitrogen and oxygen atoms in total. The molecule has 0 atom stereocenters. The maximum absolute atomic E-state index is 12.1. The van der Waals surface area contributed by atoms with Gasteiger partial charge in [-0.3, -0.25) is 4.79 Å². The van der Waals surface area contributed by atoms with Crippen LogP contribution in [0.15, 0.2) is 24.3 Å². The van der Waals surface area contributed by atoms with Gasteiger partial charge in [0.05, 0.1) is 6.10 Å². The monoisotopic (exact) mass is 290 g/mol. The first-order valence-electron chi connectivity index (χ1n) is 7.99. The lowest BCUT2D eigenvalue weighted by Crippen LogP contribution is -2.33. The van der Waals surface area contributed by atoms with Crippen LogP contribution in [0, 0.1) is 0 Å². The van der Waals surface area contributed by atoms with E-state index in [1.54, 1.807) is 0 Å². The summed E-state index contributed by atoms with van der Waals surface area (Å²) in [7, 11) is 0. The Morgan fingerprint density at radius 1 is 1.33 bits per heavy atom. The van der Waals surface area contributed by atoms with Crippen molar-refractivity contribution in [1.82, 2.24) is 10.6 Å². The molecule has 1 heterocycles. The molecule has 116 valence electrons. The molecule has 2 N–H and O–H groups in total. The zero-order valence-corrected chi connectivity index (χ0v) is 12.9. The molecule has 1 fully saturated rings. The van der Waals surface area contributed by atoms with Gasteiger partial charge in [0.1, 0.15) is 0 Å². The minimum atomic E-state index is 0.0225. The van der Waals surface area contributed by atoms with Crippen molar-refractivity contribution in [3.8, 4) is 0 Å². The van der Waals surface area contributed by atoms with Crippen molar-refractivity contribution in [1.29, 1.82) is 0 Å². The van der Waals surface area contributed by atoms with Crippen molar-refractivity contribution >= 4 is 5.91 Å². The van der Waals surface area contributed by atoms with Gasteiger partial charge in [0.15, 0.2) is 0 Å². The molecule has 1 aromatic carbocycles. The molecule has 1 amide bonds. The Labute approximate surface area is 127 Å². The Morgan fingerprint density at radius 3 is 2.86 bits per heavy atom. The summed E-state index contributed by atoms with van der Waals surface area (Å²) in [5.41, 5.74) is 1.89. The molecule has 0 saturated carbocycles. The molecule has 1 aliphatic rings. The maximum atomic E-state index is 12.1. The molecule has 21 heavy (non-hydrogen) atoms. The summed E-state index contributed by atoms with van der Waals surface area (Å²) in [6, 6.07) is 7.78. The van der Waals surface area contributed by atoms with E-state index in [1.165, 1.54) is 0 Å². The number of aryl methyl sites for hydroxylation is 1. The van der Waals surface area contributed by atoms with E-state index in [0.29, 0.717) is 12.6 Å². The van der Waals surface area contributed by atoms with Gasteiger partial charge in [0.2, 0.25) is 0 Å². The van der Waals surface area contributed by atoms with Crippen LogP contribution in [0.3, 0.4) is 0 Å². The average molecular weight is 290 g/mol. The number of rotatable bonds is 7. The number of hydrogen-bond donors (Lipinski definition) is 2. The predicted molar refractivity (Wildman–Crippen MR) is 84.6 cm³/mol. The van der Waals surface area contributed by atoms with E-state index < -0.39 is 0 Å². The van der Waals surface area contributed by atoms with Gasteiger partial charge >= 0.3 is 0 Å². The van der Waals surface area contributed by atoms with Crippen LogP contribution >= 0.6 is 0 Å². The number of carbonyl (C=O) groups excluding carboxylic acids is 1. The van der Waals surface area contributed by atoms with Gasteiger partial charge < -0.3 is 15.4 Å². The molecule has 0 spiro atoms. The van der Waals surface area contributed by atoms with Gasteiger partial charge in [-0.1, -0.05) is 25.1 Å². The fourth-order valence-corrected chi connectivity index (χ4v) is 2.63. The third kappa shape index (κ3) is 5.14. The highest BCUT2D eigenvalue weighted by Gasteiger charge is 2.13. The number of amides is 1. The first kappa shape index (κ1) is 16.0. The van der Waals surface area contributed by atoms with E-state index in [1.807, 2.05) is 24.3 Å². The zero-order chi connectivity index (χ0) is 14.9. The quantitative estimate of drug-likeness (QED) is 0.756. The topological polar surface area (TPSA) is 50.4 Å². The van der Waals surface area contributed by atoms with E-state index in [0.717, 1.165) is 56.5 Å². The maximum Gasteiger partial charge on any atom is 0.251 e. The average Bonchev–Trinajstić information content (AvgIpc) is 2.55. The number of carbonyl (C=O) groups is 1. The first-order chi connectivity index (χ1) is 10.3. The van der Waals surface area contributed by atoms with Crippen LogP contribution in [0.25, 0.3) is 0 Å². The summed E-state index contributed by atoms with van der Waals surface area (Å²) >= 11 is 0. The van der Waals surface area contributed by atoms with Gasteiger partial charge in [0.25, 0.3) is 5.91 Å². The SMILES string of the molecule is CCc1ccccc1C(=O)NCCCOC1CCNCC1. The lowest BCUT2D eigenvalue weighted by Gasteiger charge is -2.22. The van der Waals surface area contributed by atoms with Gasteiger partial charge in [-0.25, -0.2) is 0 Å².